The fraction of sp³-hybridized carbons (Fsp3) is 0.211. The van der Waals surface area contributed by atoms with Crippen LogP contribution in [0, 0.1) is 0 Å². The van der Waals surface area contributed by atoms with Crippen molar-refractivity contribution in [1.29, 1.82) is 0 Å². The summed E-state index contributed by atoms with van der Waals surface area (Å²) >= 11 is 0. The molecule has 0 radical (unpaired) electrons. The number of benzene rings is 10. The van der Waals surface area contributed by atoms with Crippen molar-refractivity contribution in [3.05, 3.63) is 226 Å². The van der Waals surface area contributed by atoms with E-state index in [9.17, 15) is 0 Å². The lowest BCUT2D eigenvalue weighted by Gasteiger charge is -2.23. The lowest BCUT2D eigenvalue weighted by molar-refractivity contribution is 0.413. The number of rotatable bonds is 9. The molecule has 4 nitrogen and oxygen atoms in total. The zero-order valence-electron chi connectivity index (χ0n) is 48.0. The second-order valence-electron chi connectivity index (χ2n) is 24.8. The first-order valence-electron chi connectivity index (χ1n) is 28.1. The van der Waals surface area contributed by atoms with Crippen molar-refractivity contribution in [3.8, 4) is 123 Å². The molecule has 14 rings (SSSR count). The third-order valence-corrected chi connectivity index (χ3v) is 19.1. The third kappa shape index (κ3) is 7.27. The SMILES string of the molecule is COc1ccc2c(c1)C(C)(C)c1cc(-c3cc(-c4cc(-c5ccc6c(c5)C(C)(C)c5cc(OC)ccc5-6)cc(-c5ccc6c(c5)C(C)(C)c5cc(OC)ccc5-6)c4)cc(-c4ccc5c(c4)C(C)(C)c4cc(OC)ccc4-5)c3)ccc1-2. The first kappa shape index (κ1) is 49.7. The van der Waals surface area contributed by atoms with Gasteiger partial charge >= 0.3 is 0 Å². The van der Waals surface area contributed by atoms with E-state index in [1.807, 2.05) is 0 Å². The standard InChI is InChI=1S/C76H66O4/c1-73(2)65-35-43(13-21-57(65)61-25-17-53(77-9)39-69(61)73)47-29-48(44-14-22-58-62-26-18-54(78-10)40-70(62)74(3,4)66(58)36-44)32-51(31-47)52-33-49(45-15-23-59-63-27-19-55(79-11)41-71(63)75(5,6)67(59)37-45)30-50(34-52)46-16-24-60-64-28-20-56(80-12)42-72(64)76(7,8)68(60)38-46/h13-42H,1-12H3. The molecule has 4 aliphatic rings. The van der Waals surface area contributed by atoms with Crippen LogP contribution < -0.4 is 18.9 Å². The molecule has 0 saturated carbocycles. The van der Waals surface area contributed by atoms with Gasteiger partial charge in [-0.05, 0) is 254 Å². The largest absolute Gasteiger partial charge is 0.497 e. The Balaban J connectivity index is 0.974. The van der Waals surface area contributed by atoms with Crippen molar-refractivity contribution < 1.29 is 18.9 Å². The highest BCUT2D eigenvalue weighted by Gasteiger charge is 2.40. The number of fused-ring (bicyclic) bond motifs is 12. The molecule has 0 atom stereocenters. The minimum atomic E-state index is -0.224. The van der Waals surface area contributed by atoms with Gasteiger partial charge in [-0.2, -0.15) is 0 Å². The summed E-state index contributed by atoms with van der Waals surface area (Å²) in [5.74, 6) is 3.53. The molecule has 0 amide bonds. The molecule has 4 aliphatic carbocycles. The monoisotopic (exact) mass is 1040 g/mol. The normalized spacial score (nSPS) is 15.4. The molecule has 0 spiro atoms. The van der Waals surface area contributed by atoms with E-state index in [0.29, 0.717) is 0 Å². The maximum absolute atomic E-state index is 5.76. The van der Waals surface area contributed by atoms with Crippen LogP contribution in [0.1, 0.15) is 99.9 Å². The van der Waals surface area contributed by atoms with Crippen LogP contribution in [0.25, 0.3) is 100 Å². The van der Waals surface area contributed by atoms with Crippen molar-refractivity contribution in [2.75, 3.05) is 28.4 Å². The Morgan fingerprint density at radius 3 is 0.537 bits per heavy atom. The highest BCUT2D eigenvalue weighted by molar-refractivity contribution is 5.93. The fourth-order valence-electron chi connectivity index (χ4n) is 14.3. The first-order chi connectivity index (χ1) is 38.4. The molecule has 0 fully saturated rings. The number of methoxy groups -OCH3 is 4. The first-order valence-corrected chi connectivity index (χ1v) is 28.1. The van der Waals surface area contributed by atoms with E-state index >= 15 is 0 Å². The molecule has 10 aromatic carbocycles. The molecule has 0 aliphatic heterocycles. The van der Waals surface area contributed by atoms with Crippen molar-refractivity contribution in [2.24, 2.45) is 0 Å². The van der Waals surface area contributed by atoms with Crippen LogP contribution in [0.2, 0.25) is 0 Å². The molecule has 0 unspecified atom stereocenters. The van der Waals surface area contributed by atoms with Gasteiger partial charge in [0, 0.05) is 21.7 Å². The third-order valence-electron chi connectivity index (χ3n) is 19.1. The van der Waals surface area contributed by atoms with Crippen LogP contribution in [0.4, 0.5) is 0 Å². The van der Waals surface area contributed by atoms with E-state index in [2.05, 4.69) is 237 Å². The van der Waals surface area contributed by atoms with E-state index in [1.165, 1.54) is 134 Å². The topological polar surface area (TPSA) is 36.9 Å². The Bertz CT molecular complexity index is 3750. The zero-order valence-corrected chi connectivity index (χ0v) is 48.0. The minimum absolute atomic E-state index is 0.224. The summed E-state index contributed by atoms with van der Waals surface area (Å²) in [6, 6.07) is 69.1. The highest BCUT2D eigenvalue weighted by Crippen LogP contribution is 2.56. The van der Waals surface area contributed by atoms with Crippen LogP contribution in [-0.4, -0.2) is 28.4 Å². The molecule has 0 bridgehead atoms. The van der Waals surface area contributed by atoms with E-state index in [4.69, 9.17) is 18.9 Å². The number of hydrogen-bond acceptors (Lipinski definition) is 4. The summed E-state index contributed by atoms with van der Waals surface area (Å²) in [6.45, 7) is 18.8. The quantitative estimate of drug-likeness (QED) is 0.144. The molecule has 0 aromatic heterocycles. The molecule has 80 heavy (non-hydrogen) atoms. The Morgan fingerprint density at radius 1 is 0.188 bits per heavy atom. The summed E-state index contributed by atoms with van der Waals surface area (Å²) in [5, 5.41) is 0. The second-order valence-corrected chi connectivity index (χ2v) is 24.8. The lowest BCUT2D eigenvalue weighted by Crippen LogP contribution is -2.15. The zero-order chi connectivity index (χ0) is 55.4. The lowest BCUT2D eigenvalue weighted by atomic mass is 9.80. The van der Waals surface area contributed by atoms with E-state index in [-0.39, 0.29) is 21.7 Å². The average molecular weight is 1040 g/mol. The average Bonchev–Trinajstić information content (AvgIpc) is 4.09. The molecule has 0 saturated heterocycles. The number of hydrogen-bond donors (Lipinski definition) is 0. The van der Waals surface area contributed by atoms with Crippen molar-refractivity contribution in [2.45, 2.75) is 77.0 Å². The van der Waals surface area contributed by atoms with Crippen LogP contribution >= 0.6 is 0 Å². The number of ether oxygens (including phenoxy) is 4. The van der Waals surface area contributed by atoms with Crippen LogP contribution in [0.15, 0.2) is 182 Å². The van der Waals surface area contributed by atoms with E-state index in [1.54, 1.807) is 28.4 Å². The smallest absolute Gasteiger partial charge is 0.119 e. The summed E-state index contributed by atoms with van der Waals surface area (Å²) in [7, 11) is 7.01. The molecular formula is C76H66O4. The van der Waals surface area contributed by atoms with Gasteiger partial charge < -0.3 is 18.9 Å². The van der Waals surface area contributed by atoms with Crippen LogP contribution in [0.3, 0.4) is 0 Å². The highest BCUT2D eigenvalue weighted by atomic mass is 16.5. The Kier molecular flexibility index (Phi) is 10.8. The van der Waals surface area contributed by atoms with Gasteiger partial charge in [0.1, 0.15) is 23.0 Å². The van der Waals surface area contributed by atoms with Gasteiger partial charge in [0.2, 0.25) is 0 Å². The molecule has 10 aromatic rings. The summed E-state index contributed by atoms with van der Waals surface area (Å²) in [4.78, 5) is 0. The molecule has 4 heteroatoms. The van der Waals surface area contributed by atoms with Crippen LogP contribution in [-0.2, 0) is 21.7 Å². The molecule has 0 N–H and O–H groups in total. The predicted octanol–water partition coefficient (Wildman–Crippen LogP) is 19.3. The van der Waals surface area contributed by atoms with Crippen molar-refractivity contribution >= 4 is 0 Å². The van der Waals surface area contributed by atoms with Gasteiger partial charge in [-0.25, -0.2) is 0 Å². The van der Waals surface area contributed by atoms with Gasteiger partial charge in [-0.15, -0.1) is 0 Å². The maximum Gasteiger partial charge on any atom is 0.119 e. The Labute approximate surface area is 471 Å². The van der Waals surface area contributed by atoms with Crippen molar-refractivity contribution in [1.82, 2.24) is 0 Å². The fourth-order valence-corrected chi connectivity index (χ4v) is 14.3. The minimum Gasteiger partial charge on any atom is -0.497 e. The van der Waals surface area contributed by atoms with Gasteiger partial charge in [0.25, 0.3) is 0 Å². The maximum atomic E-state index is 5.76. The molecule has 394 valence electrons. The van der Waals surface area contributed by atoms with Gasteiger partial charge in [-0.3, -0.25) is 0 Å². The molecule has 0 heterocycles. The summed E-state index contributed by atoms with van der Waals surface area (Å²) in [6.07, 6.45) is 0. The van der Waals surface area contributed by atoms with Gasteiger partial charge in [0.05, 0.1) is 28.4 Å². The Hall–Kier alpha value is -8.60. The predicted molar refractivity (Wildman–Crippen MR) is 330 cm³/mol. The van der Waals surface area contributed by atoms with E-state index in [0.717, 1.165) is 34.1 Å². The second kappa shape index (κ2) is 17.4. The van der Waals surface area contributed by atoms with Crippen LogP contribution in [0.5, 0.6) is 23.0 Å². The van der Waals surface area contributed by atoms with Gasteiger partial charge in [-0.1, -0.05) is 128 Å². The van der Waals surface area contributed by atoms with E-state index < -0.39 is 0 Å². The summed E-state index contributed by atoms with van der Waals surface area (Å²) < 4.78 is 23.1. The Morgan fingerprint density at radius 2 is 0.350 bits per heavy atom. The van der Waals surface area contributed by atoms with Crippen molar-refractivity contribution in [3.63, 3.8) is 0 Å². The molecular weight excluding hydrogens is 977 g/mol. The van der Waals surface area contributed by atoms with Gasteiger partial charge in [0.15, 0.2) is 0 Å². The summed E-state index contributed by atoms with van der Waals surface area (Å²) in [5.41, 5.74) is 31.5.